The summed E-state index contributed by atoms with van der Waals surface area (Å²) in [5, 5.41) is 8.78. The zero-order chi connectivity index (χ0) is 14.6. The second-order valence-electron chi connectivity index (χ2n) is 3.40. The van der Waals surface area contributed by atoms with Gasteiger partial charge in [-0.25, -0.2) is 4.79 Å². The van der Waals surface area contributed by atoms with E-state index < -0.39 is 34.4 Å². The molecule has 0 amide bonds. The number of alkyl halides is 3. The van der Waals surface area contributed by atoms with Crippen molar-refractivity contribution in [2.24, 2.45) is 0 Å². The van der Waals surface area contributed by atoms with Crippen molar-refractivity contribution in [2.45, 2.75) is 13.1 Å². The molecule has 0 aromatic heterocycles. The molecule has 0 aliphatic heterocycles. The third-order valence-electron chi connectivity index (χ3n) is 2.25. The lowest BCUT2D eigenvalue weighted by Crippen LogP contribution is -2.19. The molecule has 1 aromatic rings. The van der Waals surface area contributed by atoms with Crippen LogP contribution in [0.2, 0.25) is 0 Å². The van der Waals surface area contributed by atoms with Gasteiger partial charge in [0.15, 0.2) is 6.29 Å². The number of rotatable bonds is 3. The molecule has 0 saturated carbocycles. The molecule has 0 atom stereocenters. The number of hydrogen-bond acceptors (Lipinski definition) is 4. The minimum absolute atomic E-state index is 0.0211. The molecule has 7 heteroatoms. The van der Waals surface area contributed by atoms with Crippen LogP contribution in [0.4, 0.5) is 13.2 Å². The Kier molecular flexibility index (Phi) is 4.27. The summed E-state index contributed by atoms with van der Waals surface area (Å²) in [4.78, 5) is 22.2. The van der Waals surface area contributed by atoms with Crippen LogP contribution in [0.1, 0.15) is 38.8 Å². The number of benzene rings is 1. The Morgan fingerprint density at radius 2 is 2.11 bits per heavy atom. The van der Waals surface area contributed by atoms with Crippen LogP contribution in [-0.4, -0.2) is 18.9 Å². The highest BCUT2D eigenvalue weighted by Crippen LogP contribution is 2.36. The highest BCUT2D eigenvalue weighted by Gasteiger charge is 2.39. The van der Waals surface area contributed by atoms with Gasteiger partial charge in [-0.3, -0.25) is 4.79 Å². The number of halogens is 3. The van der Waals surface area contributed by atoms with Gasteiger partial charge in [-0.2, -0.15) is 18.4 Å². The summed E-state index contributed by atoms with van der Waals surface area (Å²) in [6, 6.07) is 3.30. The molecule has 1 rings (SSSR count). The smallest absolute Gasteiger partial charge is 0.417 e. The summed E-state index contributed by atoms with van der Waals surface area (Å²) >= 11 is 0. The largest absolute Gasteiger partial charge is 0.462 e. The van der Waals surface area contributed by atoms with Crippen LogP contribution >= 0.6 is 0 Å². The van der Waals surface area contributed by atoms with Crippen LogP contribution in [0.5, 0.6) is 0 Å². The van der Waals surface area contributed by atoms with Gasteiger partial charge >= 0.3 is 12.1 Å². The summed E-state index contributed by atoms with van der Waals surface area (Å²) in [6.07, 6.45) is -4.96. The molecule has 0 fully saturated rings. The summed E-state index contributed by atoms with van der Waals surface area (Å²) in [7, 11) is 0. The van der Waals surface area contributed by atoms with Crippen molar-refractivity contribution in [2.75, 3.05) is 6.61 Å². The lowest BCUT2D eigenvalue weighted by molar-refractivity contribution is -0.138. The van der Waals surface area contributed by atoms with Crippen molar-refractivity contribution in [1.82, 2.24) is 0 Å². The van der Waals surface area contributed by atoms with Crippen molar-refractivity contribution >= 4 is 12.3 Å². The molecule has 0 N–H and O–H groups in total. The second-order valence-corrected chi connectivity index (χ2v) is 3.40. The summed E-state index contributed by atoms with van der Waals surface area (Å²) in [5.41, 5.74) is -3.58. The normalized spacial score (nSPS) is 10.7. The van der Waals surface area contributed by atoms with Gasteiger partial charge in [0, 0.05) is 5.56 Å². The molecule has 0 aliphatic carbocycles. The van der Waals surface area contributed by atoms with E-state index in [1.165, 1.54) is 13.0 Å². The fourth-order valence-corrected chi connectivity index (χ4v) is 1.53. The molecule has 4 nitrogen and oxygen atoms in total. The number of ether oxygens (including phenoxy) is 1. The maximum Gasteiger partial charge on any atom is 0.417 e. The third-order valence-corrected chi connectivity index (χ3v) is 2.25. The Labute approximate surface area is 106 Å². The van der Waals surface area contributed by atoms with Crippen molar-refractivity contribution in [3.63, 3.8) is 0 Å². The second kappa shape index (κ2) is 5.52. The van der Waals surface area contributed by atoms with Crippen LogP contribution in [0, 0.1) is 11.3 Å². The predicted octanol–water partition coefficient (Wildman–Crippen LogP) is 2.57. The molecule has 0 spiro atoms. The fourth-order valence-electron chi connectivity index (χ4n) is 1.53. The van der Waals surface area contributed by atoms with Gasteiger partial charge in [0.2, 0.25) is 0 Å². The van der Waals surface area contributed by atoms with Gasteiger partial charge in [0.05, 0.1) is 23.3 Å². The van der Waals surface area contributed by atoms with E-state index in [4.69, 9.17) is 5.26 Å². The predicted molar refractivity (Wildman–Crippen MR) is 57.5 cm³/mol. The molecule has 100 valence electrons. The Morgan fingerprint density at radius 3 is 2.53 bits per heavy atom. The molecule has 1 aromatic carbocycles. The monoisotopic (exact) mass is 271 g/mol. The minimum Gasteiger partial charge on any atom is -0.462 e. The third kappa shape index (κ3) is 2.91. The van der Waals surface area contributed by atoms with E-state index in [9.17, 15) is 22.8 Å². The molecule has 0 radical (unpaired) electrons. The number of carbonyl (C=O) groups is 2. The van der Waals surface area contributed by atoms with Crippen molar-refractivity contribution in [3.8, 4) is 6.07 Å². The Bertz CT molecular complexity index is 559. The maximum absolute atomic E-state index is 12.9. The Morgan fingerprint density at radius 1 is 1.47 bits per heavy atom. The van der Waals surface area contributed by atoms with Gasteiger partial charge in [-0.15, -0.1) is 0 Å². The molecule has 0 aliphatic rings. The molecule has 0 unspecified atom stereocenters. The average Bonchev–Trinajstić information content (AvgIpc) is 2.36. The zero-order valence-corrected chi connectivity index (χ0v) is 9.75. The molecule has 0 saturated heterocycles. The Balaban J connectivity index is 3.68. The maximum atomic E-state index is 12.9. The quantitative estimate of drug-likeness (QED) is 0.626. The number of hydrogen-bond donors (Lipinski definition) is 0. The first-order valence-corrected chi connectivity index (χ1v) is 5.13. The van der Waals surface area contributed by atoms with Crippen LogP contribution < -0.4 is 0 Å². The topological polar surface area (TPSA) is 67.2 Å². The summed E-state index contributed by atoms with van der Waals surface area (Å²) < 4.78 is 43.3. The van der Waals surface area contributed by atoms with Crippen molar-refractivity contribution < 1.29 is 27.5 Å². The molecule has 19 heavy (non-hydrogen) atoms. The molecule has 0 bridgehead atoms. The van der Waals surface area contributed by atoms with Gasteiger partial charge in [0.1, 0.15) is 6.07 Å². The lowest BCUT2D eigenvalue weighted by Gasteiger charge is -2.15. The van der Waals surface area contributed by atoms with E-state index in [0.29, 0.717) is 0 Å². The van der Waals surface area contributed by atoms with Crippen LogP contribution in [0.25, 0.3) is 0 Å². The minimum atomic E-state index is -4.94. The molecular formula is C12H8F3NO3. The van der Waals surface area contributed by atoms with Gasteiger partial charge in [0.25, 0.3) is 0 Å². The van der Waals surface area contributed by atoms with Gasteiger partial charge in [-0.05, 0) is 19.1 Å². The molecule has 0 heterocycles. The number of carbonyl (C=O) groups excluding carboxylic acids is 2. The first kappa shape index (κ1) is 14.7. The van der Waals surface area contributed by atoms with Crippen LogP contribution in [0.3, 0.4) is 0 Å². The van der Waals surface area contributed by atoms with Crippen molar-refractivity contribution in [1.29, 1.82) is 5.26 Å². The van der Waals surface area contributed by atoms with Crippen LogP contribution in [0.15, 0.2) is 12.1 Å². The first-order chi connectivity index (χ1) is 8.86. The standard InChI is InChI=1S/C12H8F3NO3/c1-2-19-11(18)9-7(5-16)3-4-8(6-17)10(9)12(13,14)15/h3-4,6H,2H2,1H3. The van der Waals surface area contributed by atoms with E-state index in [0.717, 1.165) is 12.1 Å². The number of nitrogens with zero attached hydrogens (tertiary/aromatic N) is 1. The number of esters is 1. The van der Waals surface area contributed by atoms with E-state index in [-0.39, 0.29) is 12.9 Å². The average molecular weight is 271 g/mol. The van der Waals surface area contributed by atoms with Crippen molar-refractivity contribution in [3.05, 3.63) is 34.4 Å². The zero-order valence-electron chi connectivity index (χ0n) is 9.75. The van der Waals surface area contributed by atoms with E-state index in [2.05, 4.69) is 4.74 Å². The van der Waals surface area contributed by atoms with Crippen LogP contribution in [-0.2, 0) is 10.9 Å². The van der Waals surface area contributed by atoms with E-state index in [1.54, 1.807) is 0 Å². The number of aldehydes is 1. The highest BCUT2D eigenvalue weighted by atomic mass is 19.4. The Hall–Kier alpha value is -2.36. The highest BCUT2D eigenvalue weighted by molar-refractivity contribution is 5.97. The number of nitriles is 1. The summed E-state index contributed by atoms with van der Waals surface area (Å²) in [5.74, 6) is -1.28. The van der Waals surface area contributed by atoms with E-state index in [1.807, 2.05) is 0 Å². The SMILES string of the molecule is CCOC(=O)c1c(C#N)ccc(C=O)c1C(F)(F)F. The van der Waals surface area contributed by atoms with E-state index >= 15 is 0 Å². The lowest BCUT2D eigenvalue weighted by atomic mass is 9.96. The van der Waals surface area contributed by atoms with Gasteiger partial charge in [-0.1, -0.05) is 0 Å². The van der Waals surface area contributed by atoms with Gasteiger partial charge < -0.3 is 4.74 Å². The molecular weight excluding hydrogens is 263 g/mol. The first-order valence-electron chi connectivity index (χ1n) is 5.13. The fraction of sp³-hybridized carbons (Fsp3) is 0.250. The summed E-state index contributed by atoms with van der Waals surface area (Å²) in [6.45, 7) is 1.27.